The molecule has 0 spiro atoms. The van der Waals surface area contributed by atoms with E-state index in [0.29, 0.717) is 24.5 Å². The molecule has 0 unspecified atom stereocenters. The highest BCUT2D eigenvalue weighted by Crippen LogP contribution is 1.99. The summed E-state index contributed by atoms with van der Waals surface area (Å²) in [5.74, 6) is -0.468. The number of hydrogen-bond donors (Lipinski definition) is 4. The molecule has 0 radical (unpaired) electrons. The third-order valence-electron chi connectivity index (χ3n) is 2.58. The molecule has 1 rings (SSSR count). The van der Waals surface area contributed by atoms with Crippen LogP contribution in [0.3, 0.4) is 0 Å². The van der Waals surface area contributed by atoms with E-state index in [0.717, 1.165) is 0 Å². The van der Waals surface area contributed by atoms with Crippen LogP contribution in [0.25, 0.3) is 0 Å². The van der Waals surface area contributed by atoms with Gasteiger partial charge in [0.1, 0.15) is 0 Å². The van der Waals surface area contributed by atoms with Crippen molar-refractivity contribution in [2.45, 2.75) is 39.0 Å². The quantitative estimate of drug-likeness (QED) is 0.532. The van der Waals surface area contributed by atoms with Gasteiger partial charge in [-0.25, -0.2) is 0 Å². The molecule has 6 N–H and O–H groups in total. The summed E-state index contributed by atoms with van der Waals surface area (Å²) in [5, 5.41) is 5.35. The molecule has 7 nitrogen and oxygen atoms in total. The van der Waals surface area contributed by atoms with E-state index in [2.05, 4.69) is 15.6 Å². The number of carbonyl (C=O) groups excluding carboxylic acids is 2. The lowest BCUT2D eigenvalue weighted by molar-refractivity contribution is -0.122. The van der Waals surface area contributed by atoms with Gasteiger partial charge >= 0.3 is 0 Å². The van der Waals surface area contributed by atoms with E-state index in [1.807, 2.05) is 6.07 Å². The van der Waals surface area contributed by atoms with E-state index >= 15 is 0 Å². The van der Waals surface area contributed by atoms with Crippen molar-refractivity contribution in [1.29, 1.82) is 0 Å². The highest BCUT2D eigenvalue weighted by Gasteiger charge is 2.08. The lowest BCUT2D eigenvalue weighted by Gasteiger charge is -2.10. The molecule has 0 fully saturated rings. The van der Waals surface area contributed by atoms with Gasteiger partial charge in [-0.05, 0) is 26.0 Å². The lowest BCUT2D eigenvalue weighted by Crippen LogP contribution is -2.38. The van der Waals surface area contributed by atoms with Gasteiger partial charge in [0.2, 0.25) is 11.8 Å². The minimum absolute atomic E-state index is 0.234. The van der Waals surface area contributed by atoms with Crippen molar-refractivity contribution in [3.05, 3.63) is 29.6 Å². The van der Waals surface area contributed by atoms with Gasteiger partial charge < -0.3 is 22.1 Å². The second-order valence-corrected chi connectivity index (χ2v) is 4.63. The number of carbonyl (C=O) groups is 2. The molecule has 2 amide bonds. The molecule has 0 bridgehead atoms. The SMILES string of the molecule is C[C@H](N)C(=O)NCc1cccc(CNC(=O)[C@H](C)N)n1. The van der Waals surface area contributed by atoms with Gasteiger partial charge in [-0.2, -0.15) is 0 Å². The highest BCUT2D eigenvalue weighted by molar-refractivity contribution is 5.81. The number of nitrogens with two attached hydrogens (primary N) is 2. The molecule has 0 saturated heterocycles. The van der Waals surface area contributed by atoms with Crippen LogP contribution in [-0.4, -0.2) is 28.9 Å². The van der Waals surface area contributed by atoms with Crippen molar-refractivity contribution in [1.82, 2.24) is 15.6 Å². The lowest BCUT2D eigenvalue weighted by atomic mass is 10.2. The summed E-state index contributed by atoms with van der Waals surface area (Å²) in [4.78, 5) is 27.0. The van der Waals surface area contributed by atoms with Crippen molar-refractivity contribution in [2.75, 3.05) is 0 Å². The molecule has 0 aromatic carbocycles. The molecule has 7 heteroatoms. The molecule has 1 aromatic heterocycles. The average molecular weight is 279 g/mol. The monoisotopic (exact) mass is 279 g/mol. The molecule has 1 heterocycles. The van der Waals surface area contributed by atoms with Gasteiger partial charge in [0.15, 0.2) is 0 Å². The van der Waals surface area contributed by atoms with Crippen molar-refractivity contribution in [3.63, 3.8) is 0 Å². The first-order chi connectivity index (χ1) is 9.40. The van der Waals surface area contributed by atoms with Crippen LogP contribution in [0.15, 0.2) is 18.2 Å². The zero-order chi connectivity index (χ0) is 15.1. The maximum Gasteiger partial charge on any atom is 0.236 e. The van der Waals surface area contributed by atoms with Gasteiger partial charge in [0.25, 0.3) is 0 Å². The summed E-state index contributed by atoms with van der Waals surface area (Å²) in [6.45, 7) is 3.83. The number of nitrogens with one attached hydrogen (secondary N) is 2. The fourth-order valence-electron chi connectivity index (χ4n) is 1.40. The third-order valence-corrected chi connectivity index (χ3v) is 2.58. The minimum atomic E-state index is -0.552. The summed E-state index contributed by atoms with van der Waals surface area (Å²) >= 11 is 0. The summed E-state index contributed by atoms with van der Waals surface area (Å²) < 4.78 is 0. The zero-order valence-electron chi connectivity index (χ0n) is 11.7. The molecular weight excluding hydrogens is 258 g/mol. The van der Waals surface area contributed by atoms with Crippen LogP contribution >= 0.6 is 0 Å². The van der Waals surface area contributed by atoms with Crippen LogP contribution in [0, 0.1) is 0 Å². The van der Waals surface area contributed by atoms with Gasteiger partial charge in [-0.3, -0.25) is 14.6 Å². The van der Waals surface area contributed by atoms with Gasteiger partial charge in [-0.1, -0.05) is 6.07 Å². The predicted octanol–water partition coefficient (Wildman–Crippen LogP) is -0.992. The van der Waals surface area contributed by atoms with E-state index in [1.165, 1.54) is 0 Å². The van der Waals surface area contributed by atoms with Crippen LogP contribution in [0.2, 0.25) is 0 Å². The summed E-state index contributed by atoms with van der Waals surface area (Å²) in [7, 11) is 0. The van der Waals surface area contributed by atoms with Gasteiger partial charge in [0, 0.05) is 0 Å². The number of nitrogens with zero attached hydrogens (tertiary/aromatic N) is 1. The number of rotatable bonds is 6. The first kappa shape index (κ1) is 16.1. The average Bonchev–Trinajstić information content (AvgIpc) is 2.42. The Bertz CT molecular complexity index is 434. The molecule has 2 atom stereocenters. The second kappa shape index (κ2) is 7.56. The molecule has 1 aromatic rings. The second-order valence-electron chi connectivity index (χ2n) is 4.63. The van der Waals surface area contributed by atoms with Crippen molar-refractivity contribution in [2.24, 2.45) is 11.5 Å². The maximum absolute atomic E-state index is 11.4. The van der Waals surface area contributed by atoms with Crippen LogP contribution < -0.4 is 22.1 Å². The Labute approximate surface area is 118 Å². The first-order valence-corrected chi connectivity index (χ1v) is 6.41. The summed E-state index contributed by atoms with van der Waals surface area (Å²) in [6, 6.07) is 4.29. The Morgan fingerprint density at radius 1 is 1.05 bits per heavy atom. The van der Waals surface area contributed by atoms with Crippen LogP contribution in [0.1, 0.15) is 25.2 Å². The molecule has 0 saturated carbocycles. The van der Waals surface area contributed by atoms with Crippen LogP contribution in [0.5, 0.6) is 0 Å². The molecule has 0 aliphatic carbocycles. The standard InChI is InChI=1S/C13H21N5O2/c1-8(14)12(19)16-6-10-4-3-5-11(18-10)7-17-13(20)9(2)15/h3-5,8-9H,6-7,14-15H2,1-2H3,(H,16,19)(H,17,20)/t8-,9-/m0/s1. The summed E-state index contributed by atoms with van der Waals surface area (Å²) in [6.07, 6.45) is 0. The highest BCUT2D eigenvalue weighted by atomic mass is 16.2. The molecule has 0 aliphatic rings. The largest absolute Gasteiger partial charge is 0.349 e. The van der Waals surface area contributed by atoms with Crippen LogP contribution in [0.4, 0.5) is 0 Å². The van der Waals surface area contributed by atoms with E-state index in [9.17, 15) is 9.59 Å². The van der Waals surface area contributed by atoms with E-state index in [-0.39, 0.29) is 11.8 Å². The Hall–Kier alpha value is -1.99. The fraction of sp³-hybridized carbons (Fsp3) is 0.462. The summed E-state index contributed by atoms with van der Waals surface area (Å²) in [5.41, 5.74) is 12.3. The van der Waals surface area contributed by atoms with E-state index in [4.69, 9.17) is 11.5 Å². The van der Waals surface area contributed by atoms with Crippen molar-refractivity contribution in [3.8, 4) is 0 Å². The molecule has 110 valence electrons. The van der Waals surface area contributed by atoms with Crippen LogP contribution in [-0.2, 0) is 22.7 Å². The normalized spacial score (nSPS) is 13.4. The fourth-order valence-corrected chi connectivity index (χ4v) is 1.40. The molecule has 20 heavy (non-hydrogen) atoms. The smallest absolute Gasteiger partial charge is 0.236 e. The van der Waals surface area contributed by atoms with Gasteiger partial charge in [0.05, 0.1) is 36.6 Å². The Kier molecular flexibility index (Phi) is 6.08. The molecular formula is C13H21N5O2. The van der Waals surface area contributed by atoms with Crippen molar-refractivity contribution < 1.29 is 9.59 Å². The minimum Gasteiger partial charge on any atom is -0.349 e. The van der Waals surface area contributed by atoms with Gasteiger partial charge in [-0.15, -0.1) is 0 Å². The third kappa shape index (κ3) is 5.33. The maximum atomic E-state index is 11.4. The van der Waals surface area contributed by atoms with E-state index in [1.54, 1.807) is 26.0 Å². The topological polar surface area (TPSA) is 123 Å². The first-order valence-electron chi connectivity index (χ1n) is 6.41. The number of pyridine rings is 1. The number of amides is 2. The Morgan fingerprint density at radius 2 is 1.45 bits per heavy atom. The van der Waals surface area contributed by atoms with E-state index < -0.39 is 12.1 Å². The Morgan fingerprint density at radius 3 is 1.80 bits per heavy atom. The predicted molar refractivity (Wildman–Crippen MR) is 75.2 cm³/mol. The van der Waals surface area contributed by atoms with Crippen molar-refractivity contribution >= 4 is 11.8 Å². The number of aromatic nitrogens is 1. The Balaban J connectivity index is 2.53. The number of hydrogen-bond acceptors (Lipinski definition) is 5. The molecule has 0 aliphatic heterocycles. The zero-order valence-corrected chi connectivity index (χ0v) is 11.7.